The molecule has 4 aliphatic rings. The highest BCUT2D eigenvalue weighted by Crippen LogP contribution is 2.43. The molecule has 124 valence electrons. The summed E-state index contributed by atoms with van der Waals surface area (Å²) in [5, 5.41) is 0. The lowest BCUT2D eigenvalue weighted by molar-refractivity contribution is -0.971. The monoisotopic (exact) mass is 310 g/mol. The Kier molecular flexibility index (Phi) is 3.82. The van der Waals surface area contributed by atoms with Crippen LogP contribution in [0, 0.1) is 11.8 Å². The number of methoxy groups -OCH3 is 1. The molecule has 1 saturated carbocycles. The molecule has 8 unspecified atom stereocenters. The van der Waals surface area contributed by atoms with Gasteiger partial charge in [0.2, 0.25) is 0 Å². The maximum Gasteiger partial charge on any atom is 0.197 e. The average molecular weight is 310 g/mol. The minimum absolute atomic E-state index is 0.166. The van der Waals surface area contributed by atoms with Crippen molar-refractivity contribution in [1.82, 2.24) is 0 Å². The smallest absolute Gasteiger partial charge is 0.197 e. The van der Waals surface area contributed by atoms with Crippen molar-refractivity contribution in [3.05, 3.63) is 12.2 Å². The Labute approximate surface area is 132 Å². The van der Waals surface area contributed by atoms with E-state index in [9.17, 15) is 0 Å². The zero-order valence-corrected chi connectivity index (χ0v) is 13.8. The Hall–Kier alpha value is -0.460. The van der Waals surface area contributed by atoms with Crippen LogP contribution in [0.1, 0.15) is 26.2 Å². The van der Waals surface area contributed by atoms with Gasteiger partial charge < -0.3 is 23.8 Å². The minimum atomic E-state index is 0.166. The number of hydrogen-bond donors (Lipinski definition) is 1. The van der Waals surface area contributed by atoms with E-state index in [-0.39, 0.29) is 30.6 Å². The van der Waals surface area contributed by atoms with Crippen LogP contribution >= 0.6 is 0 Å². The first kappa shape index (κ1) is 15.1. The van der Waals surface area contributed by atoms with Crippen LogP contribution in [0.5, 0.6) is 0 Å². The third-order valence-electron chi connectivity index (χ3n) is 6.34. The fourth-order valence-electron chi connectivity index (χ4n) is 5.36. The molecule has 4 fully saturated rings. The highest BCUT2D eigenvalue weighted by molar-refractivity contribution is 5.06. The van der Waals surface area contributed by atoms with Gasteiger partial charge in [-0.3, -0.25) is 0 Å². The van der Waals surface area contributed by atoms with Crippen LogP contribution in [-0.4, -0.2) is 57.6 Å². The number of quaternary nitrogens is 1. The first-order valence-electron chi connectivity index (χ1n) is 8.52. The molecule has 0 aromatic carbocycles. The van der Waals surface area contributed by atoms with Gasteiger partial charge in [-0.05, 0) is 26.2 Å². The quantitative estimate of drug-likeness (QED) is 0.748. The van der Waals surface area contributed by atoms with E-state index in [0.717, 1.165) is 24.8 Å². The summed E-state index contributed by atoms with van der Waals surface area (Å²) in [7, 11) is 4.11. The molecule has 4 rings (SSSR count). The Morgan fingerprint density at radius 1 is 1.23 bits per heavy atom. The third kappa shape index (κ3) is 2.10. The van der Waals surface area contributed by atoms with Crippen LogP contribution in [0.3, 0.4) is 0 Å². The topological polar surface area (TPSA) is 41.4 Å². The van der Waals surface area contributed by atoms with Crippen molar-refractivity contribution >= 4 is 0 Å². The predicted molar refractivity (Wildman–Crippen MR) is 80.4 cm³/mol. The van der Waals surface area contributed by atoms with Gasteiger partial charge in [0.25, 0.3) is 0 Å². The number of likely N-dealkylation sites (N-methyl/N-ethyl adjacent to an activating group) is 1. The fourth-order valence-corrected chi connectivity index (χ4v) is 5.36. The molecule has 22 heavy (non-hydrogen) atoms. The highest BCUT2D eigenvalue weighted by atomic mass is 16.7. The molecule has 3 saturated heterocycles. The molecular formula is C17H28NO4+. The Bertz CT molecular complexity index is 456. The normalized spacial score (nSPS) is 53.7. The summed E-state index contributed by atoms with van der Waals surface area (Å²) in [6, 6.07) is 0.399. The van der Waals surface area contributed by atoms with E-state index >= 15 is 0 Å². The fraction of sp³-hybridized carbons (Fsp3) is 0.882. The van der Waals surface area contributed by atoms with Crippen LogP contribution in [0.25, 0.3) is 0 Å². The zero-order valence-electron chi connectivity index (χ0n) is 13.8. The summed E-state index contributed by atoms with van der Waals surface area (Å²) in [5.41, 5.74) is 1.12. The van der Waals surface area contributed by atoms with Gasteiger partial charge in [0.15, 0.2) is 6.23 Å². The summed E-state index contributed by atoms with van der Waals surface area (Å²) in [4.78, 5) is 1.44. The van der Waals surface area contributed by atoms with E-state index in [0.29, 0.717) is 24.7 Å². The minimum Gasteiger partial charge on any atom is -0.380 e. The van der Waals surface area contributed by atoms with Crippen molar-refractivity contribution in [2.24, 2.45) is 11.8 Å². The summed E-state index contributed by atoms with van der Waals surface area (Å²) in [6.07, 6.45) is 4.31. The Morgan fingerprint density at radius 3 is 2.77 bits per heavy atom. The standard InChI is InChI=1S/C17H27NO4/c1-9(2)13-7-11-15(19-4)10-5-6-12-16(21-8-20-12)14(10)18(3)17(11)22-13/h10-17H,1,5-8H2,2-4H3/p+1/t10?,11?,12?,13-,14?,15?,16?,17?/m0/s1. The van der Waals surface area contributed by atoms with E-state index in [2.05, 4.69) is 20.6 Å². The molecule has 0 spiro atoms. The van der Waals surface area contributed by atoms with Crippen molar-refractivity contribution in [1.29, 1.82) is 0 Å². The number of ether oxygens (including phenoxy) is 4. The van der Waals surface area contributed by atoms with Crippen molar-refractivity contribution in [2.45, 2.75) is 62.9 Å². The molecule has 0 radical (unpaired) electrons. The summed E-state index contributed by atoms with van der Waals surface area (Å²) < 4.78 is 24.0. The van der Waals surface area contributed by atoms with Gasteiger partial charge in [0.05, 0.1) is 31.3 Å². The molecule has 5 heteroatoms. The third-order valence-corrected chi connectivity index (χ3v) is 6.34. The molecule has 3 aliphatic heterocycles. The SMILES string of the molecule is C=C(C)[C@@H]1CC2C(OC)C3CCC4OCOC4C3[NH+](C)C2O1. The highest BCUT2D eigenvalue weighted by Gasteiger charge is 2.61. The van der Waals surface area contributed by atoms with Crippen LogP contribution in [0.15, 0.2) is 12.2 Å². The maximum absolute atomic E-state index is 6.36. The number of fused-ring (bicyclic) bond motifs is 4. The molecule has 0 aromatic rings. The number of piperidine rings is 1. The summed E-state index contributed by atoms with van der Waals surface area (Å²) in [6.45, 7) is 6.60. The van der Waals surface area contributed by atoms with E-state index in [1.165, 1.54) is 4.90 Å². The lowest BCUT2D eigenvalue weighted by Gasteiger charge is -2.50. The molecule has 9 atom stereocenters. The number of rotatable bonds is 2. The van der Waals surface area contributed by atoms with Crippen LogP contribution in [0.2, 0.25) is 0 Å². The van der Waals surface area contributed by atoms with Gasteiger partial charge >= 0.3 is 0 Å². The van der Waals surface area contributed by atoms with Gasteiger partial charge in [-0.25, -0.2) is 0 Å². The molecule has 3 heterocycles. The zero-order chi connectivity index (χ0) is 15.4. The molecule has 0 amide bonds. The molecule has 1 aliphatic carbocycles. The maximum atomic E-state index is 6.36. The van der Waals surface area contributed by atoms with Crippen molar-refractivity contribution in [3.8, 4) is 0 Å². The number of likely N-dealkylation sites (tertiary alicyclic amines) is 1. The van der Waals surface area contributed by atoms with Crippen molar-refractivity contribution in [2.75, 3.05) is 21.0 Å². The van der Waals surface area contributed by atoms with E-state index in [1.807, 2.05) is 7.11 Å². The molecule has 0 aromatic heterocycles. The summed E-state index contributed by atoms with van der Waals surface area (Å²) >= 11 is 0. The van der Waals surface area contributed by atoms with Crippen LogP contribution in [-0.2, 0) is 18.9 Å². The lowest BCUT2D eigenvalue weighted by atomic mass is 9.69. The first-order chi connectivity index (χ1) is 10.6. The second-order valence-electron chi connectivity index (χ2n) is 7.46. The second kappa shape index (κ2) is 5.56. The predicted octanol–water partition coefficient (Wildman–Crippen LogP) is 0.357. The Balaban J connectivity index is 1.64. The van der Waals surface area contributed by atoms with E-state index < -0.39 is 0 Å². The molecule has 0 bridgehead atoms. The van der Waals surface area contributed by atoms with Gasteiger partial charge in [0, 0.05) is 13.0 Å². The second-order valence-corrected chi connectivity index (χ2v) is 7.46. The summed E-state index contributed by atoms with van der Waals surface area (Å²) in [5.74, 6) is 0.980. The molecular weight excluding hydrogens is 282 g/mol. The van der Waals surface area contributed by atoms with E-state index in [1.54, 1.807) is 0 Å². The van der Waals surface area contributed by atoms with E-state index in [4.69, 9.17) is 18.9 Å². The lowest BCUT2D eigenvalue weighted by Crippen LogP contribution is -3.21. The Morgan fingerprint density at radius 2 is 2.05 bits per heavy atom. The average Bonchev–Trinajstić information content (AvgIpc) is 3.13. The largest absolute Gasteiger partial charge is 0.380 e. The van der Waals surface area contributed by atoms with Gasteiger partial charge in [0.1, 0.15) is 18.9 Å². The van der Waals surface area contributed by atoms with Crippen LogP contribution in [0.4, 0.5) is 0 Å². The van der Waals surface area contributed by atoms with Gasteiger partial charge in [-0.15, -0.1) is 0 Å². The van der Waals surface area contributed by atoms with Gasteiger partial charge in [-0.2, -0.15) is 0 Å². The number of nitrogens with one attached hydrogen (secondary N) is 1. The van der Waals surface area contributed by atoms with Crippen molar-refractivity contribution < 1.29 is 23.8 Å². The van der Waals surface area contributed by atoms with Crippen molar-refractivity contribution in [3.63, 3.8) is 0 Å². The van der Waals surface area contributed by atoms with Gasteiger partial charge in [-0.1, -0.05) is 12.2 Å². The molecule has 1 N–H and O–H groups in total. The first-order valence-corrected chi connectivity index (χ1v) is 8.52. The van der Waals surface area contributed by atoms with Crippen LogP contribution < -0.4 is 4.90 Å². The number of hydrogen-bond acceptors (Lipinski definition) is 4. The molecule has 5 nitrogen and oxygen atoms in total.